The zero-order valence-electron chi connectivity index (χ0n) is 10.6. The lowest BCUT2D eigenvalue weighted by molar-refractivity contribution is -0.140. The maximum atomic E-state index is 11.7. The Bertz CT molecular complexity index is 510. The topological polar surface area (TPSA) is 78.4 Å². The molecule has 1 aliphatic rings. The highest BCUT2D eigenvalue weighted by atomic mass is 32.1. The van der Waals surface area contributed by atoms with Crippen LogP contribution in [0.3, 0.4) is 0 Å². The predicted molar refractivity (Wildman–Crippen MR) is 73.1 cm³/mol. The molecule has 102 valence electrons. The molecule has 2 amide bonds. The third-order valence-electron chi connectivity index (χ3n) is 3.09. The molecule has 1 aromatic rings. The first-order valence-corrected chi connectivity index (χ1v) is 6.92. The molecule has 2 unspecified atom stereocenters. The Balaban J connectivity index is 1.75. The number of thiophene rings is 1. The van der Waals surface area contributed by atoms with E-state index < -0.39 is 11.9 Å². The maximum Gasteiger partial charge on any atom is 0.315 e. The van der Waals surface area contributed by atoms with Gasteiger partial charge in [0.2, 0.25) is 0 Å². The van der Waals surface area contributed by atoms with Crippen LogP contribution in [0.4, 0.5) is 4.79 Å². The van der Waals surface area contributed by atoms with E-state index in [9.17, 15) is 9.59 Å². The van der Waals surface area contributed by atoms with Gasteiger partial charge in [0.25, 0.3) is 0 Å². The molecule has 0 saturated carbocycles. The normalized spacial score (nSPS) is 21.3. The van der Waals surface area contributed by atoms with Crippen molar-refractivity contribution < 1.29 is 14.7 Å². The largest absolute Gasteiger partial charge is 0.481 e. The Morgan fingerprint density at radius 2 is 2.26 bits per heavy atom. The molecule has 3 N–H and O–H groups in total. The fourth-order valence-electron chi connectivity index (χ4n) is 1.95. The number of hydrogen-bond donors (Lipinski definition) is 3. The Labute approximate surface area is 115 Å². The molecule has 2 rings (SSSR count). The summed E-state index contributed by atoms with van der Waals surface area (Å²) in [6, 6.07) is 1.54. The molecule has 6 heteroatoms. The number of carbonyl (C=O) groups is 2. The van der Waals surface area contributed by atoms with E-state index in [1.54, 1.807) is 23.5 Å². The van der Waals surface area contributed by atoms with E-state index in [0.717, 1.165) is 10.4 Å². The molecule has 0 radical (unpaired) electrons. The van der Waals surface area contributed by atoms with Gasteiger partial charge < -0.3 is 15.7 Å². The highest BCUT2D eigenvalue weighted by Gasteiger charge is 2.25. The van der Waals surface area contributed by atoms with Gasteiger partial charge in [-0.2, -0.15) is 0 Å². The van der Waals surface area contributed by atoms with Gasteiger partial charge in [-0.1, -0.05) is 12.2 Å². The Kier molecular flexibility index (Phi) is 4.21. The summed E-state index contributed by atoms with van der Waals surface area (Å²) in [5.74, 6) is -1.35. The van der Waals surface area contributed by atoms with E-state index >= 15 is 0 Å². The number of nitrogens with one attached hydrogen (secondary N) is 2. The van der Waals surface area contributed by atoms with E-state index in [1.165, 1.54) is 0 Å². The number of amides is 2. The Morgan fingerprint density at radius 3 is 2.84 bits per heavy atom. The van der Waals surface area contributed by atoms with Crippen molar-refractivity contribution >= 4 is 23.3 Å². The van der Waals surface area contributed by atoms with Gasteiger partial charge in [0, 0.05) is 4.88 Å². The lowest BCUT2D eigenvalue weighted by Crippen LogP contribution is -2.40. The minimum Gasteiger partial charge on any atom is -0.481 e. The molecule has 2 atom stereocenters. The lowest BCUT2D eigenvalue weighted by atomic mass is 10.1. The van der Waals surface area contributed by atoms with Crippen LogP contribution in [0.25, 0.3) is 0 Å². The first-order valence-electron chi connectivity index (χ1n) is 6.04. The zero-order valence-corrected chi connectivity index (χ0v) is 11.4. The summed E-state index contributed by atoms with van der Waals surface area (Å²) in [6.07, 6.45) is 3.77. The summed E-state index contributed by atoms with van der Waals surface area (Å²) in [5, 5.41) is 16.4. The SMILES string of the molecule is Cc1ccsc1CNC(=O)NC1C=CC(C(=O)O)C1. The van der Waals surface area contributed by atoms with E-state index in [-0.39, 0.29) is 12.1 Å². The number of urea groups is 1. The zero-order chi connectivity index (χ0) is 13.8. The van der Waals surface area contributed by atoms with Crippen LogP contribution in [-0.2, 0) is 11.3 Å². The van der Waals surface area contributed by atoms with Gasteiger partial charge >= 0.3 is 12.0 Å². The molecule has 0 aromatic carbocycles. The van der Waals surface area contributed by atoms with Crippen LogP contribution in [0, 0.1) is 12.8 Å². The van der Waals surface area contributed by atoms with Crippen LogP contribution in [-0.4, -0.2) is 23.1 Å². The van der Waals surface area contributed by atoms with Crippen LogP contribution < -0.4 is 10.6 Å². The maximum absolute atomic E-state index is 11.7. The second-order valence-electron chi connectivity index (χ2n) is 4.53. The molecule has 0 bridgehead atoms. The summed E-state index contributed by atoms with van der Waals surface area (Å²) in [5.41, 5.74) is 1.16. The van der Waals surface area contributed by atoms with Gasteiger partial charge in [-0.05, 0) is 30.4 Å². The third kappa shape index (κ3) is 3.57. The van der Waals surface area contributed by atoms with Crippen molar-refractivity contribution in [1.29, 1.82) is 0 Å². The number of carboxylic acids is 1. The standard InChI is InChI=1S/C13H16N2O3S/c1-8-4-5-19-11(8)7-14-13(18)15-10-3-2-9(6-10)12(16)17/h2-5,9-10H,6-7H2,1H3,(H,16,17)(H2,14,15,18). The molecule has 0 spiro atoms. The fraction of sp³-hybridized carbons (Fsp3) is 0.385. The molecule has 19 heavy (non-hydrogen) atoms. The Morgan fingerprint density at radius 1 is 1.47 bits per heavy atom. The van der Waals surface area contributed by atoms with Crippen molar-refractivity contribution in [3.8, 4) is 0 Å². The van der Waals surface area contributed by atoms with Crippen molar-refractivity contribution in [3.05, 3.63) is 34.0 Å². The van der Waals surface area contributed by atoms with Crippen LogP contribution in [0.15, 0.2) is 23.6 Å². The molecule has 1 heterocycles. The average molecular weight is 280 g/mol. The smallest absolute Gasteiger partial charge is 0.315 e. The summed E-state index contributed by atoms with van der Waals surface area (Å²) in [6.45, 7) is 2.50. The molecule has 5 nitrogen and oxygen atoms in total. The van der Waals surface area contributed by atoms with Gasteiger partial charge in [0.15, 0.2) is 0 Å². The molecule has 0 saturated heterocycles. The highest BCUT2D eigenvalue weighted by molar-refractivity contribution is 7.10. The monoisotopic (exact) mass is 280 g/mol. The van der Waals surface area contributed by atoms with Crippen molar-refractivity contribution in [1.82, 2.24) is 10.6 Å². The van der Waals surface area contributed by atoms with Crippen molar-refractivity contribution in [2.75, 3.05) is 0 Å². The molecule has 0 fully saturated rings. The first kappa shape index (κ1) is 13.6. The summed E-state index contributed by atoms with van der Waals surface area (Å²) < 4.78 is 0. The minimum atomic E-state index is -0.852. The number of hydrogen-bond acceptors (Lipinski definition) is 3. The number of aryl methyl sites for hydroxylation is 1. The lowest BCUT2D eigenvalue weighted by Gasteiger charge is -2.13. The summed E-state index contributed by atoms with van der Waals surface area (Å²) in [4.78, 5) is 23.6. The van der Waals surface area contributed by atoms with Gasteiger partial charge in [0.05, 0.1) is 18.5 Å². The Hall–Kier alpha value is -1.82. The number of rotatable bonds is 4. The van der Waals surface area contributed by atoms with Gasteiger partial charge in [-0.15, -0.1) is 11.3 Å². The van der Waals surface area contributed by atoms with Gasteiger partial charge in [-0.3, -0.25) is 4.79 Å². The van der Waals surface area contributed by atoms with Crippen LogP contribution in [0.5, 0.6) is 0 Å². The highest BCUT2D eigenvalue weighted by Crippen LogP contribution is 2.18. The summed E-state index contributed by atoms with van der Waals surface area (Å²) in [7, 11) is 0. The second-order valence-corrected chi connectivity index (χ2v) is 5.53. The van der Waals surface area contributed by atoms with Crippen LogP contribution in [0.2, 0.25) is 0 Å². The molecule has 1 aliphatic carbocycles. The van der Waals surface area contributed by atoms with Crippen molar-refractivity contribution in [3.63, 3.8) is 0 Å². The molecular weight excluding hydrogens is 264 g/mol. The number of carbonyl (C=O) groups excluding carboxylic acids is 1. The van der Waals surface area contributed by atoms with Crippen molar-refractivity contribution in [2.24, 2.45) is 5.92 Å². The van der Waals surface area contributed by atoms with E-state index in [1.807, 2.05) is 18.4 Å². The molecular formula is C13H16N2O3S. The quantitative estimate of drug-likeness (QED) is 0.737. The van der Waals surface area contributed by atoms with Gasteiger partial charge in [-0.25, -0.2) is 4.79 Å². The fourth-order valence-corrected chi connectivity index (χ4v) is 2.80. The van der Waals surface area contributed by atoms with E-state index in [0.29, 0.717) is 13.0 Å². The predicted octanol–water partition coefficient (Wildman–Crippen LogP) is 1.89. The van der Waals surface area contributed by atoms with Crippen molar-refractivity contribution in [2.45, 2.75) is 25.9 Å². The van der Waals surface area contributed by atoms with E-state index in [2.05, 4.69) is 10.6 Å². The molecule has 1 aromatic heterocycles. The van der Waals surface area contributed by atoms with Crippen LogP contribution in [0.1, 0.15) is 16.9 Å². The minimum absolute atomic E-state index is 0.203. The average Bonchev–Trinajstić information content (AvgIpc) is 2.96. The first-order chi connectivity index (χ1) is 9.06. The third-order valence-corrected chi connectivity index (χ3v) is 4.12. The van der Waals surface area contributed by atoms with Gasteiger partial charge in [0.1, 0.15) is 0 Å². The van der Waals surface area contributed by atoms with E-state index in [4.69, 9.17) is 5.11 Å². The molecule has 0 aliphatic heterocycles. The second kappa shape index (κ2) is 5.88. The number of carboxylic acid groups (broad SMARTS) is 1. The summed E-state index contributed by atoms with van der Waals surface area (Å²) >= 11 is 1.60. The van der Waals surface area contributed by atoms with Crippen LogP contribution >= 0.6 is 11.3 Å². The number of aliphatic carboxylic acids is 1.